The molecule has 0 atom stereocenters. The van der Waals surface area contributed by atoms with Gasteiger partial charge in [-0.2, -0.15) is 5.10 Å². The molecule has 1 amide bonds. The smallest absolute Gasteiger partial charge is 0.259 e. The number of hydrogen-bond acceptors (Lipinski definition) is 2. The maximum Gasteiger partial charge on any atom is 0.259 e. The van der Waals surface area contributed by atoms with Crippen molar-refractivity contribution in [1.82, 2.24) is 10.2 Å². The number of rotatable bonds is 2. The van der Waals surface area contributed by atoms with Crippen LogP contribution in [-0.2, 0) is 0 Å². The number of anilines is 1. The minimum absolute atomic E-state index is 0.213. The average molecular weight is 315 g/mol. The van der Waals surface area contributed by atoms with Crippen LogP contribution in [-0.4, -0.2) is 16.1 Å². The van der Waals surface area contributed by atoms with E-state index in [0.29, 0.717) is 16.3 Å². The van der Waals surface area contributed by atoms with Gasteiger partial charge in [-0.05, 0) is 41.1 Å². The molecule has 2 rings (SSSR count). The van der Waals surface area contributed by atoms with Crippen molar-refractivity contribution in [3.63, 3.8) is 0 Å². The summed E-state index contributed by atoms with van der Waals surface area (Å²) in [5, 5.41) is 9.80. The van der Waals surface area contributed by atoms with E-state index in [1.54, 1.807) is 25.1 Å². The Hall–Kier alpha value is -1.33. The van der Waals surface area contributed by atoms with Gasteiger partial charge in [-0.25, -0.2) is 0 Å². The number of nitrogens with zero attached hydrogens (tertiary/aromatic N) is 1. The second-order valence-electron chi connectivity index (χ2n) is 3.49. The van der Waals surface area contributed by atoms with Gasteiger partial charge in [0.1, 0.15) is 0 Å². The van der Waals surface area contributed by atoms with Crippen LogP contribution in [0.5, 0.6) is 0 Å². The first kappa shape index (κ1) is 12.1. The van der Waals surface area contributed by atoms with E-state index in [4.69, 9.17) is 11.6 Å². The summed E-state index contributed by atoms with van der Waals surface area (Å²) in [6.07, 6.45) is 1.49. The van der Waals surface area contributed by atoms with E-state index in [0.717, 1.165) is 10.2 Å². The number of carbonyl (C=O) groups excluding carboxylic acids is 1. The predicted octanol–water partition coefficient (Wildman–Crippen LogP) is 3.39. The molecule has 2 N–H and O–H groups in total. The lowest BCUT2D eigenvalue weighted by atomic mass is 10.2. The third-order valence-electron chi connectivity index (χ3n) is 2.25. The van der Waals surface area contributed by atoms with Crippen LogP contribution >= 0.6 is 27.5 Å². The highest BCUT2D eigenvalue weighted by atomic mass is 79.9. The highest BCUT2D eigenvalue weighted by Gasteiger charge is 2.11. The van der Waals surface area contributed by atoms with Crippen LogP contribution < -0.4 is 5.32 Å². The lowest BCUT2D eigenvalue weighted by molar-refractivity contribution is 0.102. The van der Waals surface area contributed by atoms with Gasteiger partial charge in [0.2, 0.25) is 0 Å². The third kappa shape index (κ3) is 2.68. The number of carbonyl (C=O) groups is 1. The molecular weight excluding hydrogens is 305 g/mol. The Morgan fingerprint density at radius 2 is 2.29 bits per heavy atom. The molecule has 0 unspecified atom stereocenters. The van der Waals surface area contributed by atoms with Crippen molar-refractivity contribution >= 4 is 39.1 Å². The molecular formula is C11H9BrClN3O. The molecule has 17 heavy (non-hydrogen) atoms. The zero-order valence-electron chi connectivity index (χ0n) is 8.92. The van der Waals surface area contributed by atoms with E-state index < -0.39 is 0 Å². The summed E-state index contributed by atoms with van der Waals surface area (Å²) in [5.41, 5.74) is 1.89. The summed E-state index contributed by atoms with van der Waals surface area (Å²) >= 11 is 9.22. The number of aromatic amines is 1. The van der Waals surface area contributed by atoms with Gasteiger partial charge in [0.05, 0.1) is 16.8 Å². The van der Waals surface area contributed by atoms with Crippen molar-refractivity contribution in [2.24, 2.45) is 0 Å². The Morgan fingerprint density at radius 3 is 2.88 bits per heavy atom. The fourth-order valence-corrected chi connectivity index (χ4v) is 1.78. The predicted molar refractivity (Wildman–Crippen MR) is 70.4 cm³/mol. The monoisotopic (exact) mass is 313 g/mol. The Morgan fingerprint density at radius 1 is 1.53 bits per heavy atom. The second-order valence-corrected chi connectivity index (χ2v) is 4.75. The molecule has 1 aromatic heterocycles. The molecule has 0 fully saturated rings. The number of aryl methyl sites for hydroxylation is 1. The van der Waals surface area contributed by atoms with Crippen LogP contribution in [0.2, 0.25) is 5.02 Å². The Balaban J connectivity index is 2.19. The van der Waals surface area contributed by atoms with Gasteiger partial charge in [0.15, 0.2) is 0 Å². The molecule has 1 aromatic carbocycles. The van der Waals surface area contributed by atoms with Crippen LogP contribution in [0.4, 0.5) is 5.69 Å². The summed E-state index contributed by atoms with van der Waals surface area (Å²) in [7, 11) is 0. The van der Waals surface area contributed by atoms with Crippen molar-refractivity contribution in [2.45, 2.75) is 6.92 Å². The standard InChI is InChI=1S/C11H9BrClN3O/c1-6-8(5-14-16-6)11(17)15-7-2-3-9(12)10(13)4-7/h2-5H,1H3,(H,14,16)(H,15,17). The van der Waals surface area contributed by atoms with Gasteiger partial charge in [0, 0.05) is 15.9 Å². The first-order valence-electron chi connectivity index (χ1n) is 4.84. The molecule has 0 aliphatic rings. The van der Waals surface area contributed by atoms with E-state index >= 15 is 0 Å². The summed E-state index contributed by atoms with van der Waals surface area (Å²) in [4.78, 5) is 11.9. The van der Waals surface area contributed by atoms with Crippen molar-refractivity contribution in [3.05, 3.63) is 45.1 Å². The number of halogens is 2. The van der Waals surface area contributed by atoms with Gasteiger partial charge in [-0.15, -0.1) is 0 Å². The minimum Gasteiger partial charge on any atom is -0.322 e. The van der Waals surface area contributed by atoms with Crippen LogP contribution in [0.25, 0.3) is 0 Å². The van der Waals surface area contributed by atoms with Gasteiger partial charge in [-0.1, -0.05) is 11.6 Å². The highest BCUT2D eigenvalue weighted by molar-refractivity contribution is 9.10. The zero-order chi connectivity index (χ0) is 12.4. The van der Waals surface area contributed by atoms with Crippen molar-refractivity contribution < 1.29 is 4.79 Å². The van der Waals surface area contributed by atoms with Gasteiger partial charge in [0.25, 0.3) is 5.91 Å². The van der Waals surface area contributed by atoms with E-state index in [2.05, 4.69) is 31.4 Å². The number of H-pyrrole nitrogens is 1. The molecule has 0 spiro atoms. The van der Waals surface area contributed by atoms with Crippen molar-refractivity contribution in [3.8, 4) is 0 Å². The summed E-state index contributed by atoms with van der Waals surface area (Å²) in [6.45, 7) is 1.79. The first-order chi connectivity index (χ1) is 8.08. The largest absolute Gasteiger partial charge is 0.322 e. The Kier molecular flexibility index (Phi) is 3.49. The number of amides is 1. The van der Waals surface area contributed by atoms with Crippen LogP contribution in [0.1, 0.15) is 16.1 Å². The quantitative estimate of drug-likeness (QED) is 0.892. The summed E-state index contributed by atoms with van der Waals surface area (Å²) in [6, 6.07) is 5.22. The third-order valence-corrected chi connectivity index (χ3v) is 3.48. The fourth-order valence-electron chi connectivity index (χ4n) is 1.35. The molecule has 6 heteroatoms. The van der Waals surface area contributed by atoms with E-state index in [9.17, 15) is 4.79 Å². The lowest BCUT2D eigenvalue weighted by Gasteiger charge is -2.05. The molecule has 0 saturated heterocycles. The maximum atomic E-state index is 11.9. The fraction of sp³-hybridized carbons (Fsp3) is 0.0909. The number of aromatic nitrogens is 2. The molecule has 2 aromatic rings. The van der Waals surface area contributed by atoms with Crippen molar-refractivity contribution in [1.29, 1.82) is 0 Å². The number of hydrogen-bond donors (Lipinski definition) is 2. The van der Waals surface area contributed by atoms with Gasteiger partial charge < -0.3 is 5.32 Å². The average Bonchev–Trinajstić information content (AvgIpc) is 2.70. The molecule has 4 nitrogen and oxygen atoms in total. The number of nitrogens with one attached hydrogen (secondary N) is 2. The van der Waals surface area contributed by atoms with Crippen LogP contribution in [0, 0.1) is 6.92 Å². The zero-order valence-corrected chi connectivity index (χ0v) is 11.3. The lowest BCUT2D eigenvalue weighted by Crippen LogP contribution is -2.12. The van der Waals surface area contributed by atoms with E-state index in [-0.39, 0.29) is 5.91 Å². The molecule has 88 valence electrons. The highest BCUT2D eigenvalue weighted by Crippen LogP contribution is 2.25. The topological polar surface area (TPSA) is 57.8 Å². The van der Waals surface area contributed by atoms with E-state index in [1.165, 1.54) is 6.20 Å². The summed E-state index contributed by atoms with van der Waals surface area (Å²) in [5.74, 6) is -0.213. The SMILES string of the molecule is Cc1[nH]ncc1C(=O)Nc1ccc(Br)c(Cl)c1. The summed E-state index contributed by atoms with van der Waals surface area (Å²) < 4.78 is 0.789. The van der Waals surface area contributed by atoms with Gasteiger partial charge >= 0.3 is 0 Å². The minimum atomic E-state index is -0.213. The molecule has 0 bridgehead atoms. The maximum absolute atomic E-state index is 11.9. The second kappa shape index (κ2) is 4.89. The normalized spacial score (nSPS) is 10.3. The van der Waals surface area contributed by atoms with E-state index in [1.807, 2.05) is 0 Å². The van der Waals surface area contributed by atoms with Crippen LogP contribution in [0.3, 0.4) is 0 Å². The molecule has 0 radical (unpaired) electrons. The van der Waals surface area contributed by atoms with Gasteiger partial charge in [-0.3, -0.25) is 9.89 Å². The van der Waals surface area contributed by atoms with Crippen LogP contribution in [0.15, 0.2) is 28.9 Å². The van der Waals surface area contributed by atoms with Crippen molar-refractivity contribution in [2.75, 3.05) is 5.32 Å². The Labute approximate surface area is 111 Å². The number of benzene rings is 1. The molecule has 0 aliphatic carbocycles. The molecule has 0 saturated carbocycles. The molecule has 1 heterocycles. The first-order valence-corrected chi connectivity index (χ1v) is 6.01. The Bertz CT molecular complexity index is 568. The molecule has 0 aliphatic heterocycles.